The van der Waals surface area contributed by atoms with Gasteiger partial charge in [-0.1, -0.05) is 43.8 Å². The molecule has 0 bridgehead atoms. The molecule has 0 amide bonds. The SMILES string of the molecule is CC(C)SC1=NN(c2ccccc2)[N]S1. The van der Waals surface area contributed by atoms with Crippen LogP contribution >= 0.6 is 23.7 Å². The molecule has 1 aliphatic rings. The number of hydrogen-bond acceptors (Lipinski definition) is 4. The van der Waals surface area contributed by atoms with Gasteiger partial charge in [-0.25, -0.2) is 0 Å². The number of rotatable bonds is 2. The van der Waals surface area contributed by atoms with Crippen LogP contribution in [-0.4, -0.2) is 9.63 Å². The molecule has 0 aromatic heterocycles. The summed E-state index contributed by atoms with van der Waals surface area (Å²) in [5.41, 5.74) is 1.00. The Morgan fingerprint density at radius 1 is 1.27 bits per heavy atom. The van der Waals surface area contributed by atoms with Gasteiger partial charge >= 0.3 is 0 Å². The van der Waals surface area contributed by atoms with E-state index < -0.39 is 0 Å². The van der Waals surface area contributed by atoms with Crippen LogP contribution in [0.2, 0.25) is 0 Å². The first-order chi connectivity index (χ1) is 7.25. The summed E-state index contributed by atoms with van der Waals surface area (Å²) in [6, 6.07) is 9.95. The fourth-order valence-corrected chi connectivity index (χ4v) is 2.87. The first kappa shape index (κ1) is 10.9. The smallest absolute Gasteiger partial charge is 0.165 e. The maximum atomic E-state index is 4.41. The molecule has 5 heteroatoms. The van der Waals surface area contributed by atoms with Gasteiger partial charge in [0, 0.05) is 17.2 Å². The zero-order valence-electron chi connectivity index (χ0n) is 8.62. The second-order valence-electron chi connectivity index (χ2n) is 3.33. The molecule has 0 unspecified atom stereocenters. The third kappa shape index (κ3) is 2.90. The molecule has 1 aromatic rings. The maximum absolute atomic E-state index is 4.41. The fourth-order valence-electron chi connectivity index (χ4n) is 1.10. The van der Waals surface area contributed by atoms with Gasteiger partial charge in [0.25, 0.3) is 0 Å². The summed E-state index contributed by atoms with van der Waals surface area (Å²) in [5, 5.41) is 6.63. The molecule has 0 saturated heterocycles. The van der Waals surface area contributed by atoms with E-state index in [-0.39, 0.29) is 0 Å². The van der Waals surface area contributed by atoms with E-state index in [1.165, 1.54) is 11.9 Å². The average molecular weight is 238 g/mol. The first-order valence-electron chi connectivity index (χ1n) is 4.74. The van der Waals surface area contributed by atoms with Gasteiger partial charge in [0.2, 0.25) is 0 Å². The molecule has 1 aromatic carbocycles. The van der Waals surface area contributed by atoms with Crippen LogP contribution in [-0.2, 0) is 0 Å². The molecule has 0 atom stereocenters. The molecule has 1 radical (unpaired) electrons. The quantitative estimate of drug-likeness (QED) is 0.742. The number of anilines is 1. The van der Waals surface area contributed by atoms with Gasteiger partial charge in [-0.15, -0.1) is 5.10 Å². The second-order valence-corrected chi connectivity index (χ2v) is 5.89. The Labute approximate surface area is 98.4 Å². The maximum Gasteiger partial charge on any atom is 0.170 e. The summed E-state index contributed by atoms with van der Waals surface area (Å²) in [6.07, 6.45) is 0. The minimum Gasteiger partial charge on any atom is -0.165 e. The summed E-state index contributed by atoms with van der Waals surface area (Å²) >= 11 is 3.18. The van der Waals surface area contributed by atoms with Crippen molar-refractivity contribution >= 4 is 33.8 Å². The Hall–Kier alpha value is -0.650. The molecule has 0 fully saturated rings. The number of nitrogens with zero attached hydrogens (tertiary/aromatic N) is 3. The third-order valence-corrected chi connectivity index (χ3v) is 3.44. The molecule has 3 nitrogen and oxygen atoms in total. The van der Waals surface area contributed by atoms with E-state index in [2.05, 4.69) is 23.8 Å². The Morgan fingerprint density at radius 2 is 2.00 bits per heavy atom. The van der Waals surface area contributed by atoms with Crippen LogP contribution in [0.3, 0.4) is 0 Å². The highest BCUT2D eigenvalue weighted by Gasteiger charge is 2.19. The van der Waals surface area contributed by atoms with Gasteiger partial charge in [-0.05, 0) is 17.0 Å². The van der Waals surface area contributed by atoms with Crippen molar-refractivity contribution in [3.05, 3.63) is 30.3 Å². The van der Waals surface area contributed by atoms with Crippen LogP contribution in [0.1, 0.15) is 13.8 Å². The molecule has 0 spiro atoms. The normalized spacial score (nSPS) is 15.9. The van der Waals surface area contributed by atoms with E-state index in [0.29, 0.717) is 5.25 Å². The Balaban J connectivity index is 2.06. The number of hydrazone groups is 1. The summed E-state index contributed by atoms with van der Waals surface area (Å²) in [7, 11) is 0. The average Bonchev–Trinajstić information content (AvgIpc) is 2.67. The van der Waals surface area contributed by atoms with Crippen molar-refractivity contribution in [1.29, 1.82) is 0 Å². The lowest BCUT2D eigenvalue weighted by Crippen LogP contribution is -2.15. The van der Waals surface area contributed by atoms with E-state index in [1.807, 2.05) is 30.3 Å². The molecule has 0 N–H and O–H groups in total. The monoisotopic (exact) mass is 238 g/mol. The Kier molecular flexibility index (Phi) is 3.56. The number of hydrogen-bond donors (Lipinski definition) is 0. The van der Waals surface area contributed by atoms with Crippen LogP contribution in [0.15, 0.2) is 35.4 Å². The number of para-hydroxylation sites is 1. The lowest BCUT2D eigenvalue weighted by Gasteiger charge is -2.08. The van der Waals surface area contributed by atoms with Crippen molar-refractivity contribution in [3.63, 3.8) is 0 Å². The predicted octanol–water partition coefficient (Wildman–Crippen LogP) is 3.09. The number of thioether (sulfide) groups is 1. The third-order valence-electron chi connectivity index (χ3n) is 1.70. The van der Waals surface area contributed by atoms with E-state index in [0.717, 1.165) is 10.1 Å². The molecular formula is C10H12N3S2. The molecular weight excluding hydrogens is 226 g/mol. The molecule has 2 rings (SSSR count). The second kappa shape index (κ2) is 4.92. The highest BCUT2D eigenvalue weighted by Crippen LogP contribution is 2.28. The van der Waals surface area contributed by atoms with E-state index in [4.69, 9.17) is 0 Å². The first-order valence-corrected chi connectivity index (χ1v) is 6.39. The van der Waals surface area contributed by atoms with E-state index in [9.17, 15) is 0 Å². The minimum absolute atomic E-state index is 0.544. The van der Waals surface area contributed by atoms with Crippen molar-refractivity contribution in [3.8, 4) is 0 Å². The summed E-state index contributed by atoms with van der Waals surface area (Å²) in [4.78, 5) is 4.27. The lowest BCUT2D eigenvalue weighted by atomic mass is 10.3. The van der Waals surface area contributed by atoms with Crippen LogP contribution in [0.25, 0.3) is 0 Å². The van der Waals surface area contributed by atoms with E-state index >= 15 is 0 Å². The van der Waals surface area contributed by atoms with Crippen molar-refractivity contribution in [2.24, 2.45) is 5.10 Å². The largest absolute Gasteiger partial charge is 0.170 e. The van der Waals surface area contributed by atoms with Crippen LogP contribution in [0.5, 0.6) is 0 Å². The predicted molar refractivity (Wildman–Crippen MR) is 68.8 cm³/mol. The van der Waals surface area contributed by atoms with E-state index in [1.54, 1.807) is 16.9 Å². The molecule has 0 aliphatic carbocycles. The minimum atomic E-state index is 0.544. The summed E-state index contributed by atoms with van der Waals surface area (Å²) in [5.74, 6) is 0. The van der Waals surface area contributed by atoms with Crippen molar-refractivity contribution in [1.82, 2.24) is 4.83 Å². The number of benzene rings is 1. The summed E-state index contributed by atoms with van der Waals surface area (Å²) in [6.45, 7) is 4.30. The van der Waals surface area contributed by atoms with Gasteiger partial charge in [-0.3, -0.25) is 0 Å². The van der Waals surface area contributed by atoms with Gasteiger partial charge in [0.15, 0.2) is 4.38 Å². The highest BCUT2D eigenvalue weighted by molar-refractivity contribution is 8.38. The fraction of sp³-hybridized carbons (Fsp3) is 0.300. The highest BCUT2D eigenvalue weighted by atomic mass is 32.2. The van der Waals surface area contributed by atoms with Crippen molar-refractivity contribution in [2.45, 2.75) is 19.1 Å². The standard InChI is InChI=1S/C10H12N3S2/c1-8(2)14-10-11-13(12-15-10)9-6-4-3-5-7-9/h3-8H,1-2H3. The molecule has 1 aliphatic heterocycles. The Bertz CT molecular complexity index is 351. The topological polar surface area (TPSA) is 29.7 Å². The van der Waals surface area contributed by atoms with Crippen LogP contribution < -0.4 is 9.95 Å². The molecule has 79 valence electrons. The van der Waals surface area contributed by atoms with Crippen molar-refractivity contribution in [2.75, 3.05) is 5.12 Å². The van der Waals surface area contributed by atoms with Gasteiger partial charge in [0.05, 0.1) is 5.69 Å². The lowest BCUT2D eigenvalue weighted by molar-refractivity contribution is 0.868. The van der Waals surface area contributed by atoms with Gasteiger partial charge in [0.1, 0.15) is 0 Å². The van der Waals surface area contributed by atoms with Crippen LogP contribution in [0.4, 0.5) is 5.69 Å². The zero-order chi connectivity index (χ0) is 10.7. The van der Waals surface area contributed by atoms with Crippen LogP contribution in [0, 0.1) is 0 Å². The molecule has 1 heterocycles. The zero-order valence-corrected chi connectivity index (χ0v) is 10.3. The van der Waals surface area contributed by atoms with Crippen molar-refractivity contribution < 1.29 is 0 Å². The van der Waals surface area contributed by atoms with Gasteiger partial charge in [-0.2, -0.15) is 5.12 Å². The molecule has 15 heavy (non-hydrogen) atoms. The molecule has 0 saturated carbocycles. The summed E-state index contributed by atoms with van der Waals surface area (Å²) < 4.78 is 1.01. The van der Waals surface area contributed by atoms with Gasteiger partial charge < -0.3 is 0 Å². The Morgan fingerprint density at radius 3 is 2.67 bits per heavy atom.